The van der Waals surface area contributed by atoms with Crippen LogP contribution in [0.2, 0.25) is 0 Å². The number of nitrogens with zero attached hydrogens (tertiary/aromatic N) is 3. The van der Waals surface area contributed by atoms with Gasteiger partial charge in [0.1, 0.15) is 5.82 Å². The number of piperidine rings is 2. The molecule has 3 nitrogen and oxygen atoms in total. The average Bonchev–Trinajstić information content (AvgIpc) is 2.60. The molecule has 0 bridgehead atoms. The third-order valence-corrected chi connectivity index (χ3v) is 4.98. The van der Waals surface area contributed by atoms with Crippen molar-refractivity contribution in [3.63, 3.8) is 0 Å². The molecule has 2 fully saturated rings. The maximum absolute atomic E-state index is 4.47. The van der Waals surface area contributed by atoms with Gasteiger partial charge in [-0.15, -0.1) is 0 Å². The van der Waals surface area contributed by atoms with Crippen molar-refractivity contribution in [3.05, 3.63) is 24.4 Å². The van der Waals surface area contributed by atoms with Crippen molar-refractivity contribution >= 4 is 5.82 Å². The smallest absolute Gasteiger partial charge is 0.128 e. The standard InChI is InChI=1S/C17H27N3.C2H6/c1-15-5-10-19(11-6-15)14-16-7-12-20(13-8-16)17-4-2-3-9-18-17;1-2/h2-4,9,15-16H,5-8,10-14H2,1H3;1-2H3. The fourth-order valence-electron chi connectivity index (χ4n) is 3.50. The lowest BCUT2D eigenvalue weighted by Gasteiger charge is -2.37. The summed E-state index contributed by atoms with van der Waals surface area (Å²) in [7, 11) is 0. The number of anilines is 1. The van der Waals surface area contributed by atoms with Gasteiger partial charge in [0.05, 0.1) is 0 Å². The predicted molar refractivity (Wildman–Crippen MR) is 95.4 cm³/mol. The molecule has 0 atom stereocenters. The van der Waals surface area contributed by atoms with Gasteiger partial charge in [-0.25, -0.2) is 4.98 Å². The summed E-state index contributed by atoms with van der Waals surface area (Å²) in [6, 6.07) is 6.21. The van der Waals surface area contributed by atoms with Gasteiger partial charge < -0.3 is 9.80 Å². The van der Waals surface area contributed by atoms with Crippen LogP contribution in [0.3, 0.4) is 0 Å². The minimum absolute atomic E-state index is 0.892. The van der Waals surface area contributed by atoms with Crippen molar-refractivity contribution in [1.29, 1.82) is 0 Å². The summed E-state index contributed by atoms with van der Waals surface area (Å²) in [6.45, 7) is 12.7. The molecule has 0 radical (unpaired) electrons. The van der Waals surface area contributed by atoms with E-state index in [2.05, 4.69) is 33.8 Å². The van der Waals surface area contributed by atoms with Crippen molar-refractivity contribution < 1.29 is 0 Å². The molecule has 2 aliphatic rings. The van der Waals surface area contributed by atoms with E-state index in [-0.39, 0.29) is 0 Å². The van der Waals surface area contributed by atoms with Crippen LogP contribution in [-0.4, -0.2) is 42.6 Å². The molecule has 0 N–H and O–H groups in total. The van der Waals surface area contributed by atoms with Crippen LogP contribution < -0.4 is 4.90 Å². The van der Waals surface area contributed by atoms with Gasteiger partial charge in [0.2, 0.25) is 0 Å². The quantitative estimate of drug-likeness (QED) is 0.839. The number of rotatable bonds is 3. The molecule has 1 aromatic heterocycles. The molecular formula is C19H33N3. The molecule has 2 aliphatic heterocycles. The second-order valence-electron chi connectivity index (χ2n) is 6.60. The minimum atomic E-state index is 0.892. The Balaban J connectivity index is 0.000000847. The van der Waals surface area contributed by atoms with Gasteiger partial charge in [0.15, 0.2) is 0 Å². The maximum atomic E-state index is 4.47. The van der Waals surface area contributed by atoms with Crippen LogP contribution in [0.1, 0.15) is 46.5 Å². The molecular weight excluding hydrogens is 270 g/mol. The van der Waals surface area contributed by atoms with Gasteiger partial charge >= 0.3 is 0 Å². The number of hydrogen-bond donors (Lipinski definition) is 0. The van der Waals surface area contributed by atoms with Crippen molar-refractivity contribution in [3.8, 4) is 0 Å². The Morgan fingerprint density at radius 2 is 1.68 bits per heavy atom. The van der Waals surface area contributed by atoms with Crippen LogP contribution >= 0.6 is 0 Å². The Bertz CT molecular complexity index is 390. The first-order chi connectivity index (χ1) is 10.8. The van der Waals surface area contributed by atoms with E-state index in [1.807, 2.05) is 26.1 Å². The Labute approximate surface area is 136 Å². The molecule has 124 valence electrons. The highest BCUT2D eigenvalue weighted by molar-refractivity contribution is 5.37. The highest BCUT2D eigenvalue weighted by Gasteiger charge is 2.23. The zero-order valence-electron chi connectivity index (χ0n) is 14.7. The summed E-state index contributed by atoms with van der Waals surface area (Å²) >= 11 is 0. The zero-order chi connectivity index (χ0) is 15.8. The monoisotopic (exact) mass is 303 g/mol. The third-order valence-electron chi connectivity index (χ3n) is 4.98. The van der Waals surface area contributed by atoms with Crippen molar-refractivity contribution in [2.45, 2.75) is 46.5 Å². The molecule has 0 amide bonds. The normalized spacial score (nSPS) is 21.3. The molecule has 0 aliphatic carbocycles. The molecule has 3 rings (SSSR count). The van der Waals surface area contributed by atoms with Crippen molar-refractivity contribution in [2.24, 2.45) is 11.8 Å². The lowest BCUT2D eigenvalue weighted by Crippen LogP contribution is -2.41. The van der Waals surface area contributed by atoms with E-state index < -0.39 is 0 Å². The molecule has 3 heterocycles. The second-order valence-corrected chi connectivity index (χ2v) is 6.60. The highest BCUT2D eigenvalue weighted by atomic mass is 15.2. The highest BCUT2D eigenvalue weighted by Crippen LogP contribution is 2.24. The van der Waals surface area contributed by atoms with Crippen LogP contribution in [0.25, 0.3) is 0 Å². The predicted octanol–water partition coefficient (Wildman–Crippen LogP) is 4.06. The van der Waals surface area contributed by atoms with Crippen LogP contribution in [0.5, 0.6) is 0 Å². The Kier molecular flexibility index (Phi) is 7.17. The Morgan fingerprint density at radius 1 is 1.00 bits per heavy atom. The second kappa shape index (κ2) is 9.14. The van der Waals surface area contributed by atoms with Crippen LogP contribution in [0, 0.1) is 11.8 Å². The first-order valence-corrected chi connectivity index (χ1v) is 9.19. The van der Waals surface area contributed by atoms with E-state index in [1.165, 1.54) is 58.4 Å². The number of aromatic nitrogens is 1. The SMILES string of the molecule is CC.CC1CCN(CC2CCN(c3ccccn3)CC2)CC1. The largest absolute Gasteiger partial charge is 0.357 e. The van der Waals surface area contributed by atoms with Crippen molar-refractivity contribution in [1.82, 2.24) is 9.88 Å². The summed E-state index contributed by atoms with van der Waals surface area (Å²) in [5, 5.41) is 0. The fourth-order valence-corrected chi connectivity index (χ4v) is 3.50. The molecule has 0 aromatic carbocycles. The van der Waals surface area contributed by atoms with Gasteiger partial charge in [0.25, 0.3) is 0 Å². The number of hydrogen-bond acceptors (Lipinski definition) is 3. The lowest BCUT2D eigenvalue weighted by atomic mass is 9.93. The summed E-state index contributed by atoms with van der Waals surface area (Å²) in [5.74, 6) is 2.98. The molecule has 0 saturated carbocycles. The van der Waals surface area contributed by atoms with Gasteiger partial charge in [-0.3, -0.25) is 0 Å². The van der Waals surface area contributed by atoms with E-state index in [0.29, 0.717) is 0 Å². The van der Waals surface area contributed by atoms with E-state index in [1.54, 1.807) is 0 Å². The van der Waals surface area contributed by atoms with Gasteiger partial charge in [0, 0.05) is 25.8 Å². The molecule has 1 aromatic rings. The minimum Gasteiger partial charge on any atom is -0.357 e. The summed E-state index contributed by atoms with van der Waals surface area (Å²) < 4.78 is 0. The Morgan fingerprint density at radius 3 is 2.27 bits per heavy atom. The summed E-state index contributed by atoms with van der Waals surface area (Å²) in [6.07, 6.45) is 7.33. The molecule has 22 heavy (non-hydrogen) atoms. The lowest BCUT2D eigenvalue weighted by molar-refractivity contribution is 0.156. The number of likely N-dealkylation sites (tertiary alicyclic amines) is 1. The molecule has 0 unspecified atom stereocenters. The topological polar surface area (TPSA) is 19.4 Å². The maximum Gasteiger partial charge on any atom is 0.128 e. The zero-order valence-corrected chi connectivity index (χ0v) is 14.7. The van der Waals surface area contributed by atoms with Crippen molar-refractivity contribution in [2.75, 3.05) is 37.6 Å². The van der Waals surface area contributed by atoms with E-state index in [4.69, 9.17) is 0 Å². The summed E-state index contributed by atoms with van der Waals surface area (Å²) in [5.41, 5.74) is 0. The average molecular weight is 303 g/mol. The van der Waals surface area contributed by atoms with Crippen LogP contribution in [-0.2, 0) is 0 Å². The van der Waals surface area contributed by atoms with Gasteiger partial charge in [-0.1, -0.05) is 26.8 Å². The molecule has 0 spiro atoms. The van der Waals surface area contributed by atoms with Gasteiger partial charge in [-0.05, 0) is 62.7 Å². The fraction of sp³-hybridized carbons (Fsp3) is 0.737. The van der Waals surface area contributed by atoms with Crippen LogP contribution in [0.15, 0.2) is 24.4 Å². The van der Waals surface area contributed by atoms with E-state index in [0.717, 1.165) is 17.7 Å². The molecule has 2 saturated heterocycles. The third kappa shape index (κ3) is 4.98. The van der Waals surface area contributed by atoms with Gasteiger partial charge in [-0.2, -0.15) is 0 Å². The van der Waals surface area contributed by atoms with E-state index >= 15 is 0 Å². The summed E-state index contributed by atoms with van der Waals surface area (Å²) in [4.78, 5) is 9.60. The van der Waals surface area contributed by atoms with Crippen LogP contribution in [0.4, 0.5) is 5.82 Å². The van der Waals surface area contributed by atoms with E-state index in [9.17, 15) is 0 Å². The Hall–Kier alpha value is -1.09. The number of pyridine rings is 1. The first kappa shape index (κ1) is 17.3. The first-order valence-electron chi connectivity index (χ1n) is 9.19. The molecule has 3 heteroatoms.